The van der Waals surface area contributed by atoms with E-state index in [1.54, 1.807) is 0 Å². The predicted molar refractivity (Wildman–Crippen MR) is 89.7 cm³/mol. The number of hydrogen-bond donors (Lipinski definition) is 2. The molecule has 5 nitrogen and oxygen atoms in total. The van der Waals surface area contributed by atoms with Crippen molar-refractivity contribution in [3.05, 3.63) is 53.6 Å². The standard InChI is InChI=1S/C19H18N2O3/c22-18-19(14-3-1-2-4-16(14)21-18)11-23-17-9-12(5-6-15(17)19)24-13-7-8-20-10-13/h1-6,9,13,20H,7-8,10-11H2,(H,21,22). The van der Waals surface area contributed by atoms with Crippen LogP contribution < -0.4 is 20.1 Å². The lowest BCUT2D eigenvalue weighted by Crippen LogP contribution is -2.37. The number of carbonyl (C=O) groups is 1. The topological polar surface area (TPSA) is 59.6 Å². The van der Waals surface area contributed by atoms with Crippen LogP contribution in [0.5, 0.6) is 11.5 Å². The molecule has 2 aromatic rings. The van der Waals surface area contributed by atoms with Crippen LogP contribution in [0.15, 0.2) is 42.5 Å². The van der Waals surface area contributed by atoms with Gasteiger partial charge in [-0.2, -0.15) is 0 Å². The first-order valence-corrected chi connectivity index (χ1v) is 8.33. The van der Waals surface area contributed by atoms with Gasteiger partial charge in [-0.25, -0.2) is 0 Å². The highest BCUT2D eigenvalue weighted by Gasteiger charge is 2.53. The monoisotopic (exact) mass is 322 g/mol. The molecule has 3 aliphatic rings. The maximum Gasteiger partial charge on any atom is 0.243 e. The first-order valence-electron chi connectivity index (χ1n) is 8.33. The quantitative estimate of drug-likeness (QED) is 0.888. The number of hydrogen-bond acceptors (Lipinski definition) is 4. The van der Waals surface area contributed by atoms with E-state index in [9.17, 15) is 4.79 Å². The molecule has 3 aliphatic heterocycles. The fourth-order valence-corrected chi connectivity index (χ4v) is 3.96. The second kappa shape index (κ2) is 4.98. The predicted octanol–water partition coefficient (Wildman–Crippen LogP) is 2.06. The largest absolute Gasteiger partial charge is 0.491 e. The van der Waals surface area contributed by atoms with Crippen molar-refractivity contribution < 1.29 is 14.3 Å². The third-order valence-electron chi connectivity index (χ3n) is 5.20. The zero-order valence-corrected chi connectivity index (χ0v) is 13.2. The Hall–Kier alpha value is -2.53. The SMILES string of the molecule is O=C1Nc2ccccc2C12COc1cc(OC3CCNC3)ccc12. The molecular formula is C19H18N2O3. The third kappa shape index (κ3) is 1.82. The highest BCUT2D eigenvalue weighted by Crippen LogP contribution is 2.50. The molecular weight excluding hydrogens is 304 g/mol. The molecule has 1 spiro atoms. The van der Waals surface area contributed by atoms with E-state index in [1.165, 1.54) is 0 Å². The normalized spacial score (nSPS) is 26.8. The lowest BCUT2D eigenvalue weighted by molar-refractivity contribution is -0.119. The van der Waals surface area contributed by atoms with E-state index in [-0.39, 0.29) is 12.0 Å². The Balaban J connectivity index is 1.54. The van der Waals surface area contributed by atoms with Gasteiger partial charge >= 0.3 is 0 Å². The van der Waals surface area contributed by atoms with Gasteiger partial charge in [-0.1, -0.05) is 24.3 Å². The van der Waals surface area contributed by atoms with E-state index in [4.69, 9.17) is 9.47 Å². The molecule has 3 heterocycles. The van der Waals surface area contributed by atoms with Crippen LogP contribution in [0.1, 0.15) is 17.5 Å². The van der Waals surface area contributed by atoms with Crippen molar-refractivity contribution in [1.82, 2.24) is 5.32 Å². The van der Waals surface area contributed by atoms with Crippen molar-refractivity contribution >= 4 is 11.6 Å². The number of fused-ring (bicyclic) bond motifs is 4. The summed E-state index contributed by atoms with van der Waals surface area (Å²) in [6.45, 7) is 2.20. The number of amides is 1. The van der Waals surface area contributed by atoms with Crippen molar-refractivity contribution in [1.29, 1.82) is 0 Å². The summed E-state index contributed by atoms with van der Waals surface area (Å²) < 4.78 is 11.9. The first kappa shape index (κ1) is 13.9. The molecule has 1 saturated heterocycles. The maximum absolute atomic E-state index is 12.8. The molecule has 0 bridgehead atoms. The summed E-state index contributed by atoms with van der Waals surface area (Å²) in [5.41, 5.74) is 2.04. The van der Waals surface area contributed by atoms with E-state index in [0.717, 1.165) is 47.8 Å². The fourth-order valence-electron chi connectivity index (χ4n) is 3.96. The van der Waals surface area contributed by atoms with Crippen molar-refractivity contribution in [2.75, 3.05) is 25.0 Å². The van der Waals surface area contributed by atoms with Gasteiger partial charge in [0.2, 0.25) is 5.91 Å². The molecule has 0 radical (unpaired) electrons. The van der Waals surface area contributed by atoms with Crippen LogP contribution in [-0.4, -0.2) is 31.7 Å². The molecule has 1 amide bonds. The van der Waals surface area contributed by atoms with Gasteiger partial charge in [-0.05, 0) is 30.7 Å². The van der Waals surface area contributed by atoms with Crippen LogP contribution >= 0.6 is 0 Å². The Morgan fingerprint density at radius 2 is 2.08 bits per heavy atom. The Morgan fingerprint density at radius 3 is 2.96 bits per heavy atom. The van der Waals surface area contributed by atoms with Crippen LogP contribution in [0.3, 0.4) is 0 Å². The Labute approximate surface area is 140 Å². The molecule has 5 heteroatoms. The van der Waals surface area contributed by atoms with Crippen molar-refractivity contribution in [2.24, 2.45) is 0 Å². The number of para-hydroxylation sites is 1. The minimum absolute atomic E-state index is 0.0175. The molecule has 0 aliphatic carbocycles. The Morgan fingerprint density at radius 1 is 1.17 bits per heavy atom. The molecule has 24 heavy (non-hydrogen) atoms. The van der Waals surface area contributed by atoms with Gasteiger partial charge in [0.15, 0.2) is 0 Å². The van der Waals surface area contributed by atoms with E-state index >= 15 is 0 Å². The van der Waals surface area contributed by atoms with E-state index < -0.39 is 5.41 Å². The zero-order chi connectivity index (χ0) is 16.1. The summed E-state index contributed by atoms with van der Waals surface area (Å²) in [4.78, 5) is 12.8. The highest BCUT2D eigenvalue weighted by atomic mass is 16.5. The van der Waals surface area contributed by atoms with Crippen molar-refractivity contribution in [3.8, 4) is 11.5 Å². The van der Waals surface area contributed by atoms with E-state index in [1.807, 2.05) is 42.5 Å². The first-order chi connectivity index (χ1) is 11.8. The number of carbonyl (C=O) groups excluding carboxylic acids is 1. The Kier molecular flexibility index (Phi) is 2.88. The fraction of sp³-hybridized carbons (Fsp3) is 0.316. The van der Waals surface area contributed by atoms with Gasteiger partial charge in [0.05, 0.1) is 0 Å². The molecule has 2 atom stereocenters. The minimum atomic E-state index is -0.737. The van der Waals surface area contributed by atoms with Crippen LogP contribution in [0.2, 0.25) is 0 Å². The average Bonchev–Trinajstić information content (AvgIpc) is 3.29. The minimum Gasteiger partial charge on any atom is -0.491 e. The summed E-state index contributed by atoms with van der Waals surface area (Å²) in [6.07, 6.45) is 1.21. The van der Waals surface area contributed by atoms with Gasteiger partial charge in [-0.15, -0.1) is 0 Å². The van der Waals surface area contributed by atoms with Crippen LogP contribution in [0.25, 0.3) is 0 Å². The van der Waals surface area contributed by atoms with Gasteiger partial charge in [0, 0.05) is 23.9 Å². The number of rotatable bonds is 2. The molecule has 5 rings (SSSR count). The second-order valence-corrected chi connectivity index (χ2v) is 6.58. The zero-order valence-electron chi connectivity index (χ0n) is 13.2. The number of benzene rings is 2. The number of nitrogens with one attached hydrogen (secondary N) is 2. The van der Waals surface area contributed by atoms with Crippen molar-refractivity contribution in [2.45, 2.75) is 17.9 Å². The molecule has 2 N–H and O–H groups in total. The second-order valence-electron chi connectivity index (χ2n) is 6.58. The number of ether oxygens (including phenoxy) is 2. The molecule has 2 aromatic carbocycles. The summed E-state index contributed by atoms with van der Waals surface area (Å²) in [7, 11) is 0. The van der Waals surface area contributed by atoms with Crippen LogP contribution in [0.4, 0.5) is 5.69 Å². The average molecular weight is 322 g/mol. The van der Waals surface area contributed by atoms with Crippen LogP contribution in [0, 0.1) is 0 Å². The van der Waals surface area contributed by atoms with E-state index in [2.05, 4.69) is 10.6 Å². The van der Waals surface area contributed by atoms with Gasteiger partial charge in [0.1, 0.15) is 29.6 Å². The summed E-state index contributed by atoms with van der Waals surface area (Å²) in [5, 5.41) is 6.28. The maximum atomic E-state index is 12.8. The lowest BCUT2D eigenvalue weighted by atomic mass is 9.77. The smallest absolute Gasteiger partial charge is 0.243 e. The number of anilines is 1. The van der Waals surface area contributed by atoms with Gasteiger partial charge < -0.3 is 20.1 Å². The van der Waals surface area contributed by atoms with Crippen LogP contribution in [-0.2, 0) is 10.2 Å². The van der Waals surface area contributed by atoms with Gasteiger partial charge in [-0.3, -0.25) is 4.79 Å². The molecule has 0 aromatic heterocycles. The van der Waals surface area contributed by atoms with E-state index in [0.29, 0.717) is 6.61 Å². The molecule has 2 unspecified atom stereocenters. The molecule has 1 fully saturated rings. The molecule has 122 valence electrons. The van der Waals surface area contributed by atoms with Crippen molar-refractivity contribution in [3.63, 3.8) is 0 Å². The summed E-state index contributed by atoms with van der Waals surface area (Å²) in [6, 6.07) is 13.7. The van der Waals surface area contributed by atoms with Gasteiger partial charge in [0.25, 0.3) is 0 Å². The lowest BCUT2D eigenvalue weighted by Gasteiger charge is -2.20. The highest BCUT2D eigenvalue weighted by molar-refractivity contribution is 6.09. The third-order valence-corrected chi connectivity index (χ3v) is 5.20. The molecule has 0 saturated carbocycles. The summed E-state index contributed by atoms with van der Waals surface area (Å²) >= 11 is 0. The summed E-state index contributed by atoms with van der Waals surface area (Å²) in [5.74, 6) is 1.52. The Bertz CT molecular complexity index is 829.